The molecule has 7 heteroatoms. The highest BCUT2D eigenvalue weighted by molar-refractivity contribution is 5.99. The molecule has 0 atom stereocenters. The van der Waals surface area contributed by atoms with Crippen molar-refractivity contribution in [2.45, 2.75) is 0 Å². The number of para-hydroxylation sites is 2. The molecule has 2 heterocycles. The Balaban J connectivity index is 1.95. The van der Waals surface area contributed by atoms with Crippen LogP contribution < -0.4 is 21.1 Å². The number of benzene rings is 1. The van der Waals surface area contributed by atoms with Crippen molar-refractivity contribution in [2.75, 3.05) is 17.7 Å². The van der Waals surface area contributed by atoms with E-state index in [-0.39, 0.29) is 5.56 Å². The summed E-state index contributed by atoms with van der Waals surface area (Å²) in [6.07, 6.45) is 3.10. The van der Waals surface area contributed by atoms with E-state index in [9.17, 15) is 4.79 Å². The highest BCUT2D eigenvalue weighted by Gasteiger charge is 2.12. The van der Waals surface area contributed by atoms with Crippen LogP contribution in [-0.4, -0.2) is 23.0 Å². The Morgan fingerprint density at radius 1 is 1.00 bits per heavy atom. The molecule has 0 aliphatic heterocycles. The molecule has 25 heavy (non-hydrogen) atoms. The summed E-state index contributed by atoms with van der Waals surface area (Å²) in [5, 5.41) is 6.25. The number of carbonyl (C=O) groups excluding carboxylic acids is 1. The maximum Gasteiger partial charge on any atom is 0.252 e. The van der Waals surface area contributed by atoms with Gasteiger partial charge in [0.15, 0.2) is 0 Å². The minimum absolute atomic E-state index is 0.275. The van der Waals surface area contributed by atoms with Crippen molar-refractivity contribution in [1.29, 1.82) is 0 Å². The molecule has 1 aromatic carbocycles. The molecule has 0 aliphatic rings. The van der Waals surface area contributed by atoms with Gasteiger partial charge in [-0.3, -0.25) is 4.79 Å². The molecule has 4 N–H and O–H groups in total. The lowest BCUT2D eigenvalue weighted by Gasteiger charge is -2.14. The normalized spacial score (nSPS) is 10.1. The van der Waals surface area contributed by atoms with Gasteiger partial charge in [0.25, 0.3) is 5.91 Å². The predicted octanol–water partition coefficient (Wildman–Crippen LogP) is 3.07. The minimum Gasteiger partial charge on any atom is -0.495 e. The monoisotopic (exact) mass is 335 g/mol. The number of nitrogens with zero attached hydrogens (tertiary/aromatic N) is 2. The van der Waals surface area contributed by atoms with E-state index in [1.165, 1.54) is 6.20 Å². The average Bonchev–Trinajstić information content (AvgIpc) is 2.63. The third-order valence-electron chi connectivity index (χ3n) is 3.47. The van der Waals surface area contributed by atoms with Crippen LogP contribution in [0, 0.1) is 0 Å². The number of ether oxygens (including phenoxy) is 1. The van der Waals surface area contributed by atoms with Gasteiger partial charge in [-0.2, -0.15) is 0 Å². The maximum atomic E-state index is 11.7. The molecule has 0 aliphatic carbocycles. The topological polar surface area (TPSA) is 102 Å². The molecule has 3 rings (SSSR count). The van der Waals surface area contributed by atoms with Crippen molar-refractivity contribution in [2.24, 2.45) is 5.73 Å². The number of hydrogen-bond acceptors (Lipinski definition) is 6. The molecule has 3 aromatic rings. The van der Waals surface area contributed by atoms with E-state index < -0.39 is 5.91 Å². The number of pyridine rings is 2. The summed E-state index contributed by atoms with van der Waals surface area (Å²) in [5.74, 6) is 1.24. The number of amides is 1. The van der Waals surface area contributed by atoms with Crippen molar-refractivity contribution in [3.63, 3.8) is 0 Å². The zero-order valence-electron chi connectivity index (χ0n) is 13.6. The van der Waals surface area contributed by atoms with Crippen LogP contribution in [0.4, 0.5) is 23.0 Å². The summed E-state index contributed by atoms with van der Waals surface area (Å²) in [6, 6.07) is 14.6. The summed E-state index contributed by atoms with van der Waals surface area (Å²) in [5.41, 5.74) is 6.96. The van der Waals surface area contributed by atoms with E-state index in [1.54, 1.807) is 19.4 Å². The third-order valence-corrected chi connectivity index (χ3v) is 3.47. The highest BCUT2D eigenvalue weighted by Crippen LogP contribution is 2.30. The number of rotatable bonds is 6. The molecule has 0 bridgehead atoms. The number of hydrogen-bond donors (Lipinski definition) is 3. The Hall–Kier alpha value is -3.61. The standard InChI is InChI=1S/C18H17N5O2/c1-25-15-7-3-2-6-13(15)22-14-10-17(21-11-12(14)18(19)24)23-16-8-4-5-9-20-16/h2-11H,1H3,(H2,19,24)(H2,20,21,22,23). The number of carbonyl (C=O) groups is 1. The first kappa shape index (κ1) is 16.3. The highest BCUT2D eigenvalue weighted by atomic mass is 16.5. The van der Waals surface area contributed by atoms with E-state index in [1.807, 2.05) is 42.5 Å². The van der Waals surface area contributed by atoms with Gasteiger partial charge in [-0.25, -0.2) is 9.97 Å². The van der Waals surface area contributed by atoms with Crippen molar-refractivity contribution >= 4 is 28.9 Å². The predicted molar refractivity (Wildman–Crippen MR) is 96.6 cm³/mol. The number of methoxy groups -OCH3 is 1. The summed E-state index contributed by atoms with van der Waals surface area (Å²) in [4.78, 5) is 20.1. The summed E-state index contributed by atoms with van der Waals surface area (Å²) in [7, 11) is 1.58. The van der Waals surface area contributed by atoms with Gasteiger partial charge in [-0.1, -0.05) is 18.2 Å². The van der Waals surface area contributed by atoms with Gasteiger partial charge in [0.1, 0.15) is 17.4 Å². The van der Waals surface area contributed by atoms with Gasteiger partial charge in [-0.15, -0.1) is 0 Å². The summed E-state index contributed by atoms with van der Waals surface area (Å²) in [6.45, 7) is 0. The fourth-order valence-electron chi connectivity index (χ4n) is 2.28. The Kier molecular flexibility index (Phi) is 4.75. The van der Waals surface area contributed by atoms with Gasteiger partial charge < -0.3 is 21.1 Å². The Bertz CT molecular complexity index is 884. The van der Waals surface area contributed by atoms with Crippen molar-refractivity contribution in [3.8, 4) is 5.75 Å². The first-order chi connectivity index (χ1) is 12.2. The molecule has 2 aromatic heterocycles. The summed E-state index contributed by atoms with van der Waals surface area (Å²) >= 11 is 0. The van der Waals surface area contributed by atoms with Crippen LogP contribution in [0.3, 0.4) is 0 Å². The van der Waals surface area contributed by atoms with Gasteiger partial charge in [0.2, 0.25) is 0 Å². The van der Waals surface area contributed by atoms with Crippen LogP contribution in [-0.2, 0) is 0 Å². The molecule has 0 fully saturated rings. The van der Waals surface area contributed by atoms with Gasteiger partial charge in [-0.05, 0) is 24.3 Å². The lowest BCUT2D eigenvalue weighted by Crippen LogP contribution is -2.14. The lowest BCUT2D eigenvalue weighted by molar-refractivity contribution is 0.100. The zero-order valence-corrected chi connectivity index (χ0v) is 13.6. The van der Waals surface area contributed by atoms with E-state index in [0.717, 1.165) is 0 Å². The van der Waals surface area contributed by atoms with Gasteiger partial charge >= 0.3 is 0 Å². The Labute approximate surface area is 144 Å². The SMILES string of the molecule is COc1ccccc1Nc1cc(Nc2ccccn2)ncc1C(N)=O. The lowest BCUT2D eigenvalue weighted by atomic mass is 10.2. The zero-order chi connectivity index (χ0) is 17.6. The molecule has 0 radical (unpaired) electrons. The first-order valence-electron chi connectivity index (χ1n) is 7.55. The Morgan fingerprint density at radius 2 is 1.80 bits per heavy atom. The molecule has 1 amide bonds. The Morgan fingerprint density at radius 3 is 2.52 bits per heavy atom. The van der Waals surface area contributed by atoms with E-state index in [2.05, 4.69) is 20.6 Å². The van der Waals surface area contributed by atoms with Crippen LogP contribution >= 0.6 is 0 Å². The molecular formula is C18H17N5O2. The number of anilines is 4. The third kappa shape index (κ3) is 3.84. The number of nitrogens with one attached hydrogen (secondary N) is 2. The fraction of sp³-hybridized carbons (Fsp3) is 0.0556. The fourth-order valence-corrected chi connectivity index (χ4v) is 2.28. The molecule has 7 nitrogen and oxygen atoms in total. The largest absolute Gasteiger partial charge is 0.495 e. The minimum atomic E-state index is -0.575. The molecular weight excluding hydrogens is 318 g/mol. The van der Waals surface area contributed by atoms with E-state index >= 15 is 0 Å². The van der Waals surface area contributed by atoms with Gasteiger partial charge in [0, 0.05) is 18.5 Å². The summed E-state index contributed by atoms with van der Waals surface area (Å²) < 4.78 is 5.32. The average molecular weight is 335 g/mol. The maximum absolute atomic E-state index is 11.7. The van der Waals surface area contributed by atoms with Crippen LogP contribution in [0.1, 0.15) is 10.4 Å². The van der Waals surface area contributed by atoms with Crippen LogP contribution in [0.2, 0.25) is 0 Å². The second-order valence-electron chi connectivity index (χ2n) is 5.14. The molecule has 0 unspecified atom stereocenters. The number of nitrogens with two attached hydrogens (primary N) is 1. The molecule has 0 saturated carbocycles. The van der Waals surface area contributed by atoms with Crippen LogP contribution in [0.5, 0.6) is 5.75 Å². The van der Waals surface area contributed by atoms with Gasteiger partial charge in [0.05, 0.1) is 24.0 Å². The van der Waals surface area contributed by atoms with Crippen molar-refractivity contribution in [1.82, 2.24) is 9.97 Å². The van der Waals surface area contributed by atoms with E-state index in [4.69, 9.17) is 10.5 Å². The first-order valence-corrected chi connectivity index (χ1v) is 7.55. The molecule has 126 valence electrons. The smallest absolute Gasteiger partial charge is 0.252 e. The molecule has 0 saturated heterocycles. The number of aromatic nitrogens is 2. The molecule has 0 spiro atoms. The second-order valence-corrected chi connectivity index (χ2v) is 5.14. The van der Waals surface area contributed by atoms with Crippen molar-refractivity contribution in [3.05, 3.63) is 66.5 Å². The second kappa shape index (κ2) is 7.31. The van der Waals surface area contributed by atoms with E-state index in [0.29, 0.717) is 28.8 Å². The quantitative estimate of drug-likeness (QED) is 0.640. The van der Waals surface area contributed by atoms with Crippen LogP contribution in [0.15, 0.2) is 60.9 Å². The number of primary amides is 1. The van der Waals surface area contributed by atoms with Crippen LogP contribution in [0.25, 0.3) is 0 Å². The van der Waals surface area contributed by atoms with Crippen molar-refractivity contribution < 1.29 is 9.53 Å².